The number of rotatable bonds is 2. The van der Waals surface area contributed by atoms with E-state index in [4.69, 9.17) is 17.0 Å². The molecule has 0 spiro atoms. The predicted octanol–water partition coefficient (Wildman–Crippen LogP) is 1.17. The van der Waals surface area contributed by atoms with Gasteiger partial charge in [0.1, 0.15) is 12.2 Å². The second kappa shape index (κ2) is 7.07. The van der Waals surface area contributed by atoms with Crippen LogP contribution in [-0.2, 0) is 36.4 Å². The van der Waals surface area contributed by atoms with Crippen molar-refractivity contribution >= 4 is 24.1 Å². The zero-order chi connectivity index (χ0) is 7.40. The molecule has 0 bridgehead atoms. The van der Waals surface area contributed by atoms with E-state index in [1.165, 1.54) is 0 Å². The fourth-order valence-electron chi connectivity index (χ4n) is 0.957. The van der Waals surface area contributed by atoms with Crippen LogP contribution in [0.1, 0.15) is 12.8 Å². The molecule has 1 fully saturated rings. The molecule has 0 unspecified atom stereocenters. The molecular formula is C5H10ClNO2SY. The monoisotopic (exact) mass is 272 g/mol. The third kappa shape index (κ3) is 5.03. The molecule has 63 valence electrons. The summed E-state index contributed by atoms with van der Waals surface area (Å²) in [5.74, 6) is 0. The molecule has 1 saturated heterocycles. The number of aliphatic hydroxyl groups excluding tert-OH is 1. The molecule has 1 radical (unpaired) electrons. The van der Waals surface area contributed by atoms with Gasteiger partial charge in [-0.2, -0.15) is 3.74 Å². The standard InChI is InChI=1S/C5H10ClNO2S.Y/c6-9-10-7-3-1-5(8)2-4-7;/h5,8H,1-4H2;. The topological polar surface area (TPSA) is 32.7 Å². The Hall–Kier alpha value is 1.62. The minimum atomic E-state index is -0.132. The van der Waals surface area contributed by atoms with E-state index >= 15 is 0 Å². The molecule has 1 aliphatic heterocycles. The number of hydrogen-bond acceptors (Lipinski definition) is 4. The van der Waals surface area contributed by atoms with Crippen LogP contribution in [-0.4, -0.2) is 28.6 Å². The molecule has 3 nitrogen and oxygen atoms in total. The third-order valence-corrected chi connectivity index (χ3v) is 2.36. The molecule has 1 heterocycles. The van der Waals surface area contributed by atoms with Crippen molar-refractivity contribution in [1.29, 1.82) is 0 Å². The predicted molar refractivity (Wildman–Crippen MR) is 41.3 cm³/mol. The maximum Gasteiger partial charge on any atom is 0.104 e. The minimum absolute atomic E-state index is 0. The zero-order valence-electron chi connectivity index (χ0n) is 6.07. The number of hydrogen-bond donors (Lipinski definition) is 1. The first-order valence-corrected chi connectivity index (χ1v) is 4.22. The van der Waals surface area contributed by atoms with Gasteiger partial charge in [0.25, 0.3) is 0 Å². The van der Waals surface area contributed by atoms with Crippen molar-refractivity contribution in [2.45, 2.75) is 18.9 Å². The van der Waals surface area contributed by atoms with Gasteiger partial charge in [-0.1, -0.05) is 0 Å². The Labute approximate surface area is 101 Å². The van der Waals surface area contributed by atoms with Gasteiger partial charge in [-0.05, 0) is 12.8 Å². The van der Waals surface area contributed by atoms with Crippen LogP contribution in [0.4, 0.5) is 0 Å². The van der Waals surface area contributed by atoms with E-state index in [9.17, 15) is 0 Å². The largest absolute Gasteiger partial charge is 0.393 e. The van der Waals surface area contributed by atoms with Gasteiger partial charge in [0.05, 0.1) is 18.0 Å². The van der Waals surface area contributed by atoms with Crippen LogP contribution in [0.25, 0.3) is 0 Å². The Kier molecular flexibility index (Phi) is 8.11. The van der Waals surface area contributed by atoms with Gasteiger partial charge in [-0.3, -0.25) is 0 Å². The quantitative estimate of drug-likeness (QED) is 0.604. The Morgan fingerprint density at radius 1 is 1.45 bits per heavy atom. The summed E-state index contributed by atoms with van der Waals surface area (Å²) < 4.78 is 6.34. The first-order valence-electron chi connectivity index (χ1n) is 3.21. The van der Waals surface area contributed by atoms with Gasteiger partial charge < -0.3 is 5.11 Å². The summed E-state index contributed by atoms with van der Waals surface area (Å²) in [7, 11) is 0. The summed E-state index contributed by atoms with van der Waals surface area (Å²) in [6, 6.07) is 0. The van der Waals surface area contributed by atoms with E-state index < -0.39 is 0 Å². The van der Waals surface area contributed by atoms with Crippen molar-refractivity contribution in [1.82, 2.24) is 4.31 Å². The molecule has 6 heteroatoms. The molecule has 0 aromatic heterocycles. The van der Waals surface area contributed by atoms with E-state index in [-0.39, 0.29) is 38.8 Å². The van der Waals surface area contributed by atoms with Gasteiger partial charge in [-0.15, -0.1) is 0 Å². The number of nitrogens with zero attached hydrogens (tertiary/aromatic N) is 1. The average molecular weight is 273 g/mol. The summed E-state index contributed by atoms with van der Waals surface area (Å²) in [6.45, 7) is 1.69. The van der Waals surface area contributed by atoms with Crippen LogP contribution in [0.3, 0.4) is 0 Å². The maximum atomic E-state index is 9.09. The Morgan fingerprint density at radius 3 is 2.45 bits per heavy atom. The van der Waals surface area contributed by atoms with Gasteiger partial charge >= 0.3 is 0 Å². The molecule has 0 amide bonds. The first-order chi connectivity index (χ1) is 4.83. The summed E-state index contributed by atoms with van der Waals surface area (Å²) in [5.41, 5.74) is 0. The first kappa shape index (κ1) is 12.6. The molecule has 0 aliphatic carbocycles. The molecular weight excluding hydrogens is 262 g/mol. The molecule has 0 aromatic carbocycles. The molecule has 0 saturated carbocycles. The van der Waals surface area contributed by atoms with Crippen LogP contribution < -0.4 is 0 Å². The van der Waals surface area contributed by atoms with Crippen molar-refractivity contribution < 1.29 is 41.6 Å². The molecule has 0 aromatic rings. The van der Waals surface area contributed by atoms with E-state index in [0.29, 0.717) is 0 Å². The Morgan fingerprint density at radius 2 is 2.00 bits per heavy atom. The molecule has 1 rings (SSSR count). The van der Waals surface area contributed by atoms with Crippen molar-refractivity contribution in [3.63, 3.8) is 0 Å². The molecule has 1 N–H and O–H groups in total. The van der Waals surface area contributed by atoms with Crippen LogP contribution in [0.2, 0.25) is 0 Å². The summed E-state index contributed by atoms with van der Waals surface area (Å²) in [4.78, 5) is 0. The zero-order valence-corrected chi connectivity index (χ0v) is 10.5. The average Bonchev–Trinajstić information content (AvgIpc) is 1.95. The SMILES string of the molecule is OC1CCN(SOCl)CC1.[Y]. The van der Waals surface area contributed by atoms with E-state index in [1.54, 1.807) is 0 Å². The minimum Gasteiger partial charge on any atom is -0.393 e. The number of piperidine rings is 1. The van der Waals surface area contributed by atoms with E-state index in [1.807, 2.05) is 4.31 Å². The second-order valence-corrected chi connectivity index (χ2v) is 3.47. The van der Waals surface area contributed by atoms with E-state index in [2.05, 4.69) is 3.74 Å². The number of halogens is 1. The normalized spacial score (nSPS) is 21.3. The van der Waals surface area contributed by atoms with Crippen LogP contribution in [0.15, 0.2) is 0 Å². The Balaban J connectivity index is 0.000001000. The van der Waals surface area contributed by atoms with Crippen molar-refractivity contribution in [3.8, 4) is 0 Å². The molecule has 0 atom stereocenters. The van der Waals surface area contributed by atoms with Gasteiger partial charge in [0.2, 0.25) is 0 Å². The summed E-state index contributed by atoms with van der Waals surface area (Å²) >= 11 is 6.17. The van der Waals surface area contributed by atoms with E-state index in [0.717, 1.165) is 38.2 Å². The van der Waals surface area contributed by atoms with Crippen molar-refractivity contribution in [2.24, 2.45) is 0 Å². The maximum absolute atomic E-state index is 9.09. The van der Waals surface area contributed by atoms with Gasteiger partial charge in [0.15, 0.2) is 0 Å². The molecule has 11 heavy (non-hydrogen) atoms. The van der Waals surface area contributed by atoms with Gasteiger partial charge in [0, 0.05) is 45.8 Å². The fraction of sp³-hybridized carbons (Fsp3) is 1.00. The summed E-state index contributed by atoms with van der Waals surface area (Å²) in [6.07, 6.45) is 1.49. The van der Waals surface area contributed by atoms with Gasteiger partial charge in [-0.25, -0.2) is 4.31 Å². The van der Waals surface area contributed by atoms with Crippen LogP contribution in [0, 0.1) is 0 Å². The van der Waals surface area contributed by atoms with Crippen LogP contribution in [0.5, 0.6) is 0 Å². The Bertz CT molecular complexity index is 102. The second-order valence-electron chi connectivity index (χ2n) is 2.30. The van der Waals surface area contributed by atoms with Crippen LogP contribution >= 0.6 is 24.1 Å². The fourth-order valence-corrected chi connectivity index (χ4v) is 1.64. The summed E-state index contributed by atoms with van der Waals surface area (Å²) in [5, 5.41) is 9.09. The van der Waals surface area contributed by atoms with Crippen molar-refractivity contribution in [3.05, 3.63) is 0 Å². The smallest absolute Gasteiger partial charge is 0.104 e. The molecule has 1 aliphatic rings. The number of aliphatic hydroxyl groups is 1. The third-order valence-electron chi connectivity index (χ3n) is 1.56. The van der Waals surface area contributed by atoms with Crippen molar-refractivity contribution in [2.75, 3.05) is 13.1 Å².